The van der Waals surface area contributed by atoms with E-state index in [0.717, 1.165) is 52.0 Å². The van der Waals surface area contributed by atoms with Gasteiger partial charge in [0.15, 0.2) is 0 Å². The van der Waals surface area contributed by atoms with Gasteiger partial charge >= 0.3 is 0 Å². The number of hydrogen-bond acceptors (Lipinski definition) is 3. The average Bonchev–Trinajstić information content (AvgIpc) is 2.72. The summed E-state index contributed by atoms with van der Waals surface area (Å²) in [6.45, 7) is 5.50. The first-order valence-corrected chi connectivity index (χ1v) is 6.71. The molecule has 1 amide bonds. The molecule has 2 rings (SSSR count). The molecule has 2 saturated heterocycles. The normalized spacial score (nSPS) is 30.8. The van der Waals surface area contributed by atoms with Gasteiger partial charge in [-0.15, -0.1) is 0 Å². The smallest absolute Gasteiger partial charge is 0.226 e. The van der Waals surface area contributed by atoms with Crippen molar-refractivity contribution in [1.29, 1.82) is 0 Å². The number of nitrogens with one attached hydrogen (secondary N) is 1. The summed E-state index contributed by atoms with van der Waals surface area (Å²) < 4.78 is 5.33. The quantitative estimate of drug-likeness (QED) is 0.800. The van der Waals surface area contributed by atoms with Crippen LogP contribution in [0.25, 0.3) is 0 Å². The van der Waals surface area contributed by atoms with Crippen LogP contribution >= 0.6 is 0 Å². The summed E-state index contributed by atoms with van der Waals surface area (Å²) >= 11 is 0. The van der Waals surface area contributed by atoms with E-state index in [1.54, 1.807) is 0 Å². The van der Waals surface area contributed by atoms with Crippen molar-refractivity contribution in [2.24, 2.45) is 5.92 Å². The van der Waals surface area contributed by atoms with Crippen LogP contribution in [0, 0.1) is 5.92 Å². The van der Waals surface area contributed by atoms with E-state index in [1.807, 2.05) is 7.05 Å². The Balaban J connectivity index is 2.02. The van der Waals surface area contributed by atoms with Gasteiger partial charge in [-0.3, -0.25) is 4.79 Å². The second kappa shape index (κ2) is 5.36. The first kappa shape index (κ1) is 12.8. The third-order valence-electron chi connectivity index (χ3n) is 4.14. The van der Waals surface area contributed by atoms with Gasteiger partial charge in [0, 0.05) is 32.2 Å². The van der Waals surface area contributed by atoms with Gasteiger partial charge in [0.05, 0.1) is 5.54 Å². The van der Waals surface area contributed by atoms with Crippen molar-refractivity contribution in [2.75, 3.05) is 33.4 Å². The zero-order valence-corrected chi connectivity index (χ0v) is 11.0. The van der Waals surface area contributed by atoms with Gasteiger partial charge in [0.25, 0.3) is 0 Å². The first-order valence-electron chi connectivity index (χ1n) is 6.71. The molecule has 98 valence electrons. The molecular formula is C13H24N2O2. The van der Waals surface area contributed by atoms with Gasteiger partial charge < -0.3 is 15.0 Å². The maximum absolute atomic E-state index is 12.5. The van der Waals surface area contributed by atoms with E-state index in [-0.39, 0.29) is 11.5 Å². The van der Waals surface area contributed by atoms with Crippen molar-refractivity contribution in [3.05, 3.63) is 0 Å². The number of amides is 1. The molecule has 17 heavy (non-hydrogen) atoms. The number of carbonyl (C=O) groups excluding carboxylic acids is 1. The maximum Gasteiger partial charge on any atom is 0.226 e. The molecule has 2 fully saturated rings. The summed E-state index contributed by atoms with van der Waals surface area (Å²) in [5.41, 5.74) is 0.0180. The van der Waals surface area contributed by atoms with E-state index in [9.17, 15) is 4.79 Å². The van der Waals surface area contributed by atoms with Crippen LogP contribution in [0.2, 0.25) is 0 Å². The molecule has 0 spiro atoms. The zero-order chi connectivity index (χ0) is 12.3. The third kappa shape index (κ3) is 2.63. The summed E-state index contributed by atoms with van der Waals surface area (Å²) in [4.78, 5) is 14.6. The van der Waals surface area contributed by atoms with Crippen LogP contribution in [-0.4, -0.2) is 49.7 Å². The van der Waals surface area contributed by atoms with Crippen molar-refractivity contribution in [3.63, 3.8) is 0 Å². The Morgan fingerprint density at radius 2 is 2.18 bits per heavy atom. The number of nitrogens with zero attached hydrogens (tertiary/aromatic N) is 1. The summed E-state index contributed by atoms with van der Waals surface area (Å²) in [5, 5.41) is 3.22. The number of rotatable bonds is 3. The molecule has 4 nitrogen and oxygen atoms in total. The van der Waals surface area contributed by atoms with Gasteiger partial charge in [-0.2, -0.15) is 0 Å². The fourth-order valence-corrected chi connectivity index (χ4v) is 3.13. The van der Waals surface area contributed by atoms with Crippen LogP contribution in [0.5, 0.6) is 0 Å². The van der Waals surface area contributed by atoms with Crippen LogP contribution in [-0.2, 0) is 9.53 Å². The molecule has 0 aliphatic carbocycles. The Morgan fingerprint density at radius 3 is 2.82 bits per heavy atom. The summed E-state index contributed by atoms with van der Waals surface area (Å²) in [6.07, 6.45) is 4.03. The van der Waals surface area contributed by atoms with Crippen molar-refractivity contribution in [3.8, 4) is 0 Å². The molecule has 2 aliphatic heterocycles. The van der Waals surface area contributed by atoms with E-state index in [4.69, 9.17) is 4.74 Å². The van der Waals surface area contributed by atoms with E-state index in [2.05, 4.69) is 17.1 Å². The van der Waals surface area contributed by atoms with Crippen LogP contribution in [0.1, 0.15) is 32.6 Å². The molecule has 1 atom stereocenters. The molecule has 4 heteroatoms. The molecule has 0 aromatic heterocycles. The predicted molar refractivity (Wildman–Crippen MR) is 66.8 cm³/mol. The highest BCUT2D eigenvalue weighted by molar-refractivity contribution is 5.80. The molecule has 0 radical (unpaired) electrons. The Hall–Kier alpha value is -0.610. The van der Waals surface area contributed by atoms with Gasteiger partial charge in [0.1, 0.15) is 0 Å². The number of likely N-dealkylation sites (N-methyl/N-ethyl adjacent to an activating group) is 1. The summed E-state index contributed by atoms with van der Waals surface area (Å²) in [7, 11) is 1.96. The van der Waals surface area contributed by atoms with Crippen molar-refractivity contribution in [2.45, 2.75) is 38.1 Å². The summed E-state index contributed by atoms with van der Waals surface area (Å²) in [5.74, 6) is 0.543. The minimum atomic E-state index is 0.0180. The van der Waals surface area contributed by atoms with Crippen LogP contribution in [0.4, 0.5) is 0 Å². The van der Waals surface area contributed by atoms with Crippen molar-refractivity contribution >= 4 is 5.91 Å². The summed E-state index contributed by atoms with van der Waals surface area (Å²) in [6, 6.07) is 0. The minimum absolute atomic E-state index is 0.0180. The van der Waals surface area contributed by atoms with Crippen LogP contribution in [0.3, 0.4) is 0 Å². The maximum atomic E-state index is 12.5. The molecule has 0 aromatic carbocycles. The molecule has 0 bridgehead atoms. The van der Waals surface area contributed by atoms with Gasteiger partial charge in [-0.05, 0) is 39.7 Å². The van der Waals surface area contributed by atoms with Gasteiger partial charge in [-0.25, -0.2) is 0 Å². The number of ether oxygens (including phenoxy) is 1. The number of carbonyl (C=O) groups is 1. The van der Waals surface area contributed by atoms with E-state index < -0.39 is 0 Å². The molecule has 2 aliphatic rings. The Bertz CT molecular complexity index is 277. The lowest BCUT2D eigenvalue weighted by atomic mass is 9.94. The Kier molecular flexibility index (Phi) is 4.05. The van der Waals surface area contributed by atoms with E-state index in [1.165, 1.54) is 0 Å². The standard InChI is InChI=1S/C13H24N2O2/c1-13(10-14-2)6-3-7-15(13)12(16)11-4-8-17-9-5-11/h11,14H,3-10H2,1-2H3. The van der Waals surface area contributed by atoms with E-state index >= 15 is 0 Å². The highest BCUT2D eigenvalue weighted by Gasteiger charge is 2.41. The molecule has 1 unspecified atom stereocenters. The fraction of sp³-hybridized carbons (Fsp3) is 0.923. The third-order valence-corrected chi connectivity index (χ3v) is 4.14. The molecule has 0 saturated carbocycles. The lowest BCUT2D eigenvalue weighted by Crippen LogP contribution is -2.53. The number of hydrogen-bond donors (Lipinski definition) is 1. The SMILES string of the molecule is CNCC1(C)CCCN1C(=O)C1CCOCC1. The highest BCUT2D eigenvalue weighted by atomic mass is 16.5. The Morgan fingerprint density at radius 1 is 1.47 bits per heavy atom. The second-order valence-electron chi connectivity index (χ2n) is 5.51. The lowest BCUT2D eigenvalue weighted by molar-refractivity contribution is -0.142. The Labute approximate surface area is 104 Å². The van der Waals surface area contributed by atoms with Crippen LogP contribution in [0.15, 0.2) is 0 Å². The average molecular weight is 240 g/mol. The minimum Gasteiger partial charge on any atom is -0.381 e. The highest BCUT2D eigenvalue weighted by Crippen LogP contribution is 2.31. The van der Waals surface area contributed by atoms with Crippen molar-refractivity contribution < 1.29 is 9.53 Å². The largest absolute Gasteiger partial charge is 0.381 e. The number of likely N-dealkylation sites (tertiary alicyclic amines) is 1. The fourth-order valence-electron chi connectivity index (χ4n) is 3.13. The molecular weight excluding hydrogens is 216 g/mol. The predicted octanol–water partition coefficient (Wildman–Crippen LogP) is 1.01. The molecule has 0 aromatic rings. The topological polar surface area (TPSA) is 41.6 Å². The van der Waals surface area contributed by atoms with Gasteiger partial charge in [-0.1, -0.05) is 0 Å². The first-order chi connectivity index (χ1) is 8.17. The molecule has 1 N–H and O–H groups in total. The van der Waals surface area contributed by atoms with Gasteiger partial charge in [0.2, 0.25) is 5.91 Å². The zero-order valence-electron chi connectivity index (χ0n) is 11.0. The molecule has 2 heterocycles. The van der Waals surface area contributed by atoms with Crippen LogP contribution < -0.4 is 5.32 Å². The van der Waals surface area contributed by atoms with Crippen molar-refractivity contribution in [1.82, 2.24) is 10.2 Å². The lowest BCUT2D eigenvalue weighted by Gasteiger charge is -2.38. The monoisotopic (exact) mass is 240 g/mol. The van der Waals surface area contributed by atoms with E-state index in [0.29, 0.717) is 5.91 Å². The second-order valence-corrected chi connectivity index (χ2v) is 5.51.